The van der Waals surface area contributed by atoms with E-state index < -0.39 is 0 Å². The highest BCUT2D eigenvalue weighted by Gasteiger charge is 2.58. The van der Waals surface area contributed by atoms with Crippen LogP contribution in [0.5, 0.6) is 0 Å². The van der Waals surface area contributed by atoms with Crippen molar-refractivity contribution in [3.05, 3.63) is 25.3 Å². The number of hydrogen-bond donors (Lipinski definition) is 0. The maximum Gasteiger partial charge on any atom is 0.104 e. The van der Waals surface area contributed by atoms with Gasteiger partial charge in [0.05, 0.1) is 6.61 Å². The summed E-state index contributed by atoms with van der Waals surface area (Å²) in [6, 6.07) is 0. The van der Waals surface area contributed by atoms with E-state index in [1.54, 1.807) is 0 Å². The zero-order chi connectivity index (χ0) is 7.90. The van der Waals surface area contributed by atoms with E-state index >= 15 is 0 Å². The monoisotopic (exact) mass is 150 g/mol. The first kappa shape index (κ1) is 7.11. The van der Waals surface area contributed by atoms with Gasteiger partial charge in [-0.15, -0.1) is 13.2 Å². The fourth-order valence-electron chi connectivity index (χ4n) is 2.27. The van der Waals surface area contributed by atoms with Gasteiger partial charge in [-0.2, -0.15) is 0 Å². The summed E-state index contributed by atoms with van der Waals surface area (Å²) >= 11 is 0. The van der Waals surface area contributed by atoms with E-state index in [4.69, 9.17) is 4.74 Å². The highest BCUT2D eigenvalue weighted by atomic mass is 16.6. The van der Waals surface area contributed by atoms with Gasteiger partial charge in [0.25, 0.3) is 0 Å². The molecular formula is C10H14O. The van der Waals surface area contributed by atoms with Crippen LogP contribution in [0.15, 0.2) is 25.3 Å². The van der Waals surface area contributed by atoms with Crippen molar-refractivity contribution in [1.82, 2.24) is 0 Å². The van der Waals surface area contributed by atoms with E-state index in [9.17, 15) is 0 Å². The SMILES string of the molecule is C=C[C@H]1CC[C@H](C=C)C12CO2. The molecule has 1 heteroatoms. The fraction of sp³-hybridized carbons (Fsp3) is 0.600. The Morgan fingerprint density at radius 1 is 1.18 bits per heavy atom. The van der Waals surface area contributed by atoms with Crippen LogP contribution in [-0.2, 0) is 4.74 Å². The van der Waals surface area contributed by atoms with Crippen molar-refractivity contribution in [2.75, 3.05) is 6.61 Å². The molecule has 0 N–H and O–H groups in total. The Hall–Kier alpha value is -0.560. The van der Waals surface area contributed by atoms with E-state index in [0.717, 1.165) is 6.61 Å². The van der Waals surface area contributed by atoms with Crippen LogP contribution in [-0.4, -0.2) is 12.2 Å². The van der Waals surface area contributed by atoms with E-state index in [1.165, 1.54) is 12.8 Å². The van der Waals surface area contributed by atoms with Crippen LogP contribution in [0.2, 0.25) is 0 Å². The maximum absolute atomic E-state index is 5.52. The average molecular weight is 150 g/mol. The zero-order valence-corrected chi connectivity index (χ0v) is 6.75. The number of hydrogen-bond acceptors (Lipinski definition) is 1. The first-order valence-electron chi connectivity index (χ1n) is 4.22. The summed E-state index contributed by atoms with van der Waals surface area (Å²) in [7, 11) is 0. The van der Waals surface area contributed by atoms with Gasteiger partial charge < -0.3 is 4.74 Å². The summed E-state index contributed by atoms with van der Waals surface area (Å²) in [6.07, 6.45) is 6.52. The first-order chi connectivity index (χ1) is 5.33. The molecule has 1 aliphatic heterocycles. The molecule has 1 spiro atoms. The molecule has 2 rings (SSSR count). The van der Waals surface area contributed by atoms with Gasteiger partial charge in [0.1, 0.15) is 5.60 Å². The second-order valence-electron chi connectivity index (χ2n) is 3.51. The molecule has 60 valence electrons. The largest absolute Gasteiger partial charge is 0.368 e. The molecule has 0 aromatic heterocycles. The summed E-state index contributed by atoms with van der Waals surface area (Å²) in [6.45, 7) is 8.58. The molecule has 0 aromatic rings. The van der Waals surface area contributed by atoms with Crippen molar-refractivity contribution in [1.29, 1.82) is 0 Å². The predicted octanol–water partition coefficient (Wildman–Crippen LogP) is 2.15. The Balaban J connectivity index is 2.19. The van der Waals surface area contributed by atoms with Gasteiger partial charge in [0.2, 0.25) is 0 Å². The molecule has 1 heterocycles. The van der Waals surface area contributed by atoms with Gasteiger partial charge in [0, 0.05) is 11.8 Å². The third kappa shape index (κ3) is 0.807. The quantitative estimate of drug-likeness (QED) is 0.434. The van der Waals surface area contributed by atoms with E-state index in [2.05, 4.69) is 13.2 Å². The maximum atomic E-state index is 5.52. The molecule has 2 aliphatic rings. The van der Waals surface area contributed by atoms with Crippen molar-refractivity contribution in [3.8, 4) is 0 Å². The van der Waals surface area contributed by atoms with Crippen molar-refractivity contribution in [3.63, 3.8) is 0 Å². The smallest absolute Gasteiger partial charge is 0.104 e. The third-order valence-electron chi connectivity index (χ3n) is 3.09. The Morgan fingerprint density at radius 3 is 1.91 bits per heavy atom. The van der Waals surface area contributed by atoms with Crippen molar-refractivity contribution < 1.29 is 4.74 Å². The zero-order valence-electron chi connectivity index (χ0n) is 6.75. The molecule has 2 fully saturated rings. The van der Waals surface area contributed by atoms with E-state index in [0.29, 0.717) is 11.8 Å². The van der Waals surface area contributed by atoms with Crippen LogP contribution in [0, 0.1) is 11.8 Å². The fourth-order valence-corrected chi connectivity index (χ4v) is 2.27. The molecule has 1 saturated heterocycles. The van der Waals surface area contributed by atoms with Crippen molar-refractivity contribution >= 4 is 0 Å². The minimum absolute atomic E-state index is 0.142. The van der Waals surface area contributed by atoms with Gasteiger partial charge in [-0.25, -0.2) is 0 Å². The standard InChI is InChI=1S/C10H14O/c1-3-8-5-6-9(4-2)10(8)7-11-10/h3-4,8-9H,1-2,5-7H2/t8-,9-/m0/s1. The summed E-state index contributed by atoms with van der Waals surface area (Å²) in [4.78, 5) is 0. The van der Waals surface area contributed by atoms with Gasteiger partial charge in [-0.05, 0) is 12.8 Å². The molecule has 1 saturated carbocycles. The van der Waals surface area contributed by atoms with Gasteiger partial charge >= 0.3 is 0 Å². The Bertz CT molecular complexity index is 173. The minimum atomic E-state index is 0.142. The number of epoxide rings is 1. The Morgan fingerprint density at radius 2 is 1.64 bits per heavy atom. The lowest BCUT2D eigenvalue weighted by atomic mass is 9.90. The molecule has 0 bridgehead atoms. The molecule has 0 unspecified atom stereocenters. The van der Waals surface area contributed by atoms with Crippen LogP contribution < -0.4 is 0 Å². The van der Waals surface area contributed by atoms with Crippen LogP contribution in [0.25, 0.3) is 0 Å². The van der Waals surface area contributed by atoms with E-state index in [1.807, 2.05) is 12.2 Å². The molecule has 1 nitrogen and oxygen atoms in total. The minimum Gasteiger partial charge on any atom is -0.368 e. The van der Waals surface area contributed by atoms with Gasteiger partial charge in [-0.3, -0.25) is 0 Å². The van der Waals surface area contributed by atoms with E-state index in [-0.39, 0.29) is 5.60 Å². The lowest BCUT2D eigenvalue weighted by molar-refractivity contribution is 0.242. The van der Waals surface area contributed by atoms with Crippen molar-refractivity contribution in [2.45, 2.75) is 18.4 Å². The number of ether oxygens (including phenoxy) is 1. The lowest BCUT2D eigenvalue weighted by Crippen LogP contribution is -2.22. The van der Waals surface area contributed by atoms with Crippen molar-refractivity contribution in [2.24, 2.45) is 11.8 Å². The summed E-state index contributed by atoms with van der Waals surface area (Å²) < 4.78 is 5.52. The molecule has 1 aliphatic carbocycles. The second kappa shape index (κ2) is 2.21. The van der Waals surface area contributed by atoms with Crippen LogP contribution in [0.1, 0.15) is 12.8 Å². The number of rotatable bonds is 2. The first-order valence-corrected chi connectivity index (χ1v) is 4.22. The summed E-state index contributed by atoms with van der Waals surface area (Å²) in [5.74, 6) is 1.15. The normalized spacial score (nSPS) is 38.9. The third-order valence-corrected chi connectivity index (χ3v) is 3.09. The van der Waals surface area contributed by atoms with Gasteiger partial charge in [-0.1, -0.05) is 12.2 Å². The Kier molecular flexibility index (Phi) is 1.43. The van der Waals surface area contributed by atoms with Crippen LogP contribution in [0.4, 0.5) is 0 Å². The topological polar surface area (TPSA) is 12.5 Å². The predicted molar refractivity (Wildman–Crippen MR) is 45.3 cm³/mol. The molecule has 0 aromatic carbocycles. The summed E-state index contributed by atoms with van der Waals surface area (Å²) in [5.41, 5.74) is 0.142. The highest BCUT2D eigenvalue weighted by molar-refractivity contribution is 5.16. The highest BCUT2D eigenvalue weighted by Crippen LogP contribution is 2.52. The van der Waals surface area contributed by atoms with Gasteiger partial charge in [0.15, 0.2) is 0 Å². The lowest BCUT2D eigenvalue weighted by Gasteiger charge is -2.14. The van der Waals surface area contributed by atoms with Crippen LogP contribution in [0.3, 0.4) is 0 Å². The molecule has 0 amide bonds. The molecule has 0 radical (unpaired) electrons. The Labute approximate surface area is 67.7 Å². The second-order valence-corrected chi connectivity index (χ2v) is 3.51. The average Bonchev–Trinajstić information content (AvgIpc) is 2.68. The molecule has 11 heavy (non-hydrogen) atoms. The molecule has 2 atom stereocenters. The summed E-state index contributed by atoms with van der Waals surface area (Å²) in [5, 5.41) is 0. The molecular weight excluding hydrogens is 136 g/mol. The van der Waals surface area contributed by atoms with Crippen LogP contribution >= 0.6 is 0 Å².